The molecule has 0 fully saturated rings. The van der Waals surface area contributed by atoms with E-state index in [2.05, 4.69) is 20.2 Å². The van der Waals surface area contributed by atoms with Crippen molar-refractivity contribution in [2.24, 2.45) is 0 Å². The Hall–Kier alpha value is -3.04. The standard InChI is InChI=1S/C12H7F3N6O/c13-12(14,15)10-18-9(8-4-2-1-3-5-8)19-21(10)11(22)20-7-16-6-17-20/h1-7H. The highest BCUT2D eigenvalue weighted by atomic mass is 19.4. The predicted molar refractivity (Wildman–Crippen MR) is 66.7 cm³/mol. The summed E-state index contributed by atoms with van der Waals surface area (Å²) in [7, 11) is 0. The second kappa shape index (κ2) is 5.06. The first kappa shape index (κ1) is 13.9. The number of benzene rings is 1. The van der Waals surface area contributed by atoms with Crippen molar-refractivity contribution in [1.82, 2.24) is 29.5 Å². The third-order valence-corrected chi connectivity index (χ3v) is 2.69. The van der Waals surface area contributed by atoms with E-state index in [0.717, 1.165) is 12.7 Å². The van der Waals surface area contributed by atoms with Gasteiger partial charge in [-0.25, -0.2) is 14.8 Å². The molecule has 3 aromatic rings. The van der Waals surface area contributed by atoms with Gasteiger partial charge in [0, 0.05) is 5.56 Å². The number of carbonyl (C=O) groups excluding carboxylic acids is 1. The van der Waals surface area contributed by atoms with Crippen LogP contribution in [0.25, 0.3) is 11.4 Å². The zero-order valence-corrected chi connectivity index (χ0v) is 10.8. The molecule has 0 aliphatic rings. The Kier molecular flexibility index (Phi) is 3.20. The number of rotatable bonds is 1. The van der Waals surface area contributed by atoms with Gasteiger partial charge in [0.15, 0.2) is 5.82 Å². The quantitative estimate of drug-likeness (QED) is 0.687. The molecule has 0 atom stereocenters. The number of hydrogen-bond acceptors (Lipinski definition) is 5. The van der Waals surface area contributed by atoms with Crippen molar-refractivity contribution in [3.8, 4) is 11.4 Å². The van der Waals surface area contributed by atoms with Crippen molar-refractivity contribution < 1.29 is 18.0 Å². The van der Waals surface area contributed by atoms with E-state index in [1.54, 1.807) is 30.3 Å². The lowest BCUT2D eigenvalue weighted by Crippen LogP contribution is -2.27. The molecule has 1 aromatic carbocycles. The van der Waals surface area contributed by atoms with Gasteiger partial charge < -0.3 is 0 Å². The van der Waals surface area contributed by atoms with Gasteiger partial charge in [0.05, 0.1) is 0 Å². The minimum atomic E-state index is -4.84. The Morgan fingerprint density at radius 1 is 1.14 bits per heavy atom. The molecular formula is C12H7F3N6O. The summed E-state index contributed by atoms with van der Waals surface area (Å²) >= 11 is 0. The summed E-state index contributed by atoms with van der Waals surface area (Å²) in [6.07, 6.45) is -2.83. The van der Waals surface area contributed by atoms with Crippen molar-refractivity contribution in [2.45, 2.75) is 6.18 Å². The fraction of sp³-hybridized carbons (Fsp3) is 0.0833. The highest BCUT2D eigenvalue weighted by Gasteiger charge is 2.40. The number of aromatic nitrogens is 6. The molecule has 0 saturated heterocycles. The second-order valence-corrected chi connectivity index (χ2v) is 4.16. The van der Waals surface area contributed by atoms with Crippen LogP contribution in [0.3, 0.4) is 0 Å². The molecule has 0 N–H and O–H groups in total. The number of halogens is 3. The number of alkyl halides is 3. The third kappa shape index (κ3) is 2.45. The molecule has 3 rings (SSSR count). The lowest BCUT2D eigenvalue weighted by molar-refractivity contribution is -0.146. The van der Waals surface area contributed by atoms with Gasteiger partial charge in [0.2, 0.25) is 5.82 Å². The highest BCUT2D eigenvalue weighted by molar-refractivity contribution is 5.78. The van der Waals surface area contributed by atoms with Gasteiger partial charge in [-0.05, 0) is 0 Å². The Balaban J connectivity index is 2.12. The van der Waals surface area contributed by atoms with Crippen molar-refractivity contribution in [3.05, 3.63) is 48.8 Å². The van der Waals surface area contributed by atoms with E-state index in [1.165, 1.54) is 0 Å². The molecule has 0 unspecified atom stereocenters. The topological polar surface area (TPSA) is 78.5 Å². The van der Waals surface area contributed by atoms with Crippen LogP contribution in [0.5, 0.6) is 0 Å². The fourth-order valence-electron chi connectivity index (χ4n) is 1.74. The molecule has 7 nitrogen and oxygen atoms in total. The summed E-state index contributed by atoms with van der Waals surface area (Å²) < 4.78 is 40.0. The molecule has 0 aliphatic heterocycles. The molecule has 0 amide bonds. The van der Waals surface area contributed by atoms with Gasteiger partial charge in [0.25, 0.3) is 0 Å². The molecule has 2 heterocycles. The first-order valence-electron chi connectivity index (χ1n) is 5.96. The lowest BCUT2D eigenvalue weighted by Gasteiger charge is -2.06. The normalized spacial score (nSPS) is 11.6. The summed E-state index contributed by atoms with van der Waals surface area (Å²) in [5.74, 6) is -1.63. The monoisotopic (exact) mass is 308 g/mol. The maximum Gasteiger partial charge on any atom is 0.451 e. The summed E-state index contributed by atoms with van der Waals surface area (Å²) in [4.78, 5) is 19.0. The summed E-state index contributed by atoms with van der Waals surface area (Å²) in [5.41, 5.74) is 0.359. The van der Waals surface area contributed by atoms with E-state index in [1.807, 2.05) is 0 Å². The molecule has 0 aliphatic carbocycles. The van der Waals surface area contributed by atoms with Crippen LogP contribution in [0.15, 0.2) is 43.0 Å². The van der Waals surface area contributed by atoms with Gasteiger partial charge in [-0.15, -0.1) is 5.10 Å². The smallest absolute Gasteiger partial charge is 0.243 e. The van der Waals surface area contributed by atoms with Gasteiger partial charge in [0.1, 0.15) is 12.7 Å². The van der Waals surface area contributed by atoms with Crippen LogP contribution in [-0.2, 0) is 6.18 Å². The zero-order valence-electron chi connectivity index (χ0n) is 10.8. The maximum atomic E-state index is 13.1. The Morgan fingerprint density at radius 3 is 2.45 bits per heavy atom. The maximum absolute atomic E-state index is 13.1. The largest absolute Gasteiger partial charge is 0.451 e. The van der Waals surface area contributed by atoms with Crippen LogP contribution in [0.1, 0.15) is 5.82 Å². The van der Waals surface area contributed by atoms with Gasteiger partial charge in [-0.3, -0.25) is 0 Å². The van der Waals surface area contributed by atoms with Crippen LogP contribution < -0.4 is 0 Å². The minimum Gasteiger partial charge on any atom is -0.243 e. The zero-order chi connectivity index (χ0) is 15.7. The molecule has 0 spiro atoms. The average Bonchev–Trinajstić information content (AvgIpc) is 3.16. The number of hydrogen-bond donors (Lipinski definition) is 0. The molecule has 10 heteroatoms. The van der Waals surface area contributed by atoms with E-state index < -0.39 is 18.0 Å². The van der Waals surface area contributed by atoms with Crippen molar-refractivity contribution >= 4 is 6.03 Å². The third-order valence-electron chi connectivity index (χ3n) is 2.69. The van der Waals surface area contributed by atoms with E-state index in [-0.39, 0.29) is 10.5 Å². The van der Waals surface area contributed by atoms with Crippen LogP contribution in [0.2, 0.25) is 0 Å². The minimum absolute atomic E-state index is 0.164. The van der Waals surface area contributed by atoms with E-state index in [4.69, 9.17) is 0 Å². The molecule has 112 valence electrons. The average molecular weight is 308 g/mol. The van der Waals surface area contributed by atoms with Crippen molar-refractivity contribution in [3.63, 3.8) is 0 Å². The Labute approximate surface area is 121 Å². The van der Waals surface area contributed by atoms with Gasteiger partial charge >= 0.3 is 12.2 Å². The van der Waals surface area contributed by atoms with E-state index >= 15 is 0 Å². The van der Waals surface area contributed by atoms with Crippen LogP contribution in [0, 0.1) is 0 Å². The SMILES string of the molecule is O=C(n1cncn1)n1nc(-c2ccccc2)nc1C(F)(F)F. The first-order chi connectivity index (χ1) is 10.5. The lowest BCUT2D eigenvalue weighted by atomic mass is 10.2. The summed E-state index contributed by atoms with van der Waals surface area (Å²) in [5, 5.41) is 7.15. The van der Waals surface area contributed by atoms with Crippen LogP contribution in [-0.4, -0.2) is 35.6 Å². The number of carbonyl (C=O) groups is 1. The van der Waals surface area contributed by atoms with Gasteiger partial charge in [-0.1, -0.05) is 30.3 Å². The van der Waals surface area contributed by atoms with Crippen molar-refractivity contribution in [2.75, 3.05) is 0 Å². The Bertz CT molecular complexity index is 794. The van der Waals surface area contributed by atoms with E-state index in [0.29, 0.717) is 10.2 Å². The second-order valence-electron chi connectivity index (χ2n) is 4.16. The van der Waals surface area contributed by atoms with Crippen LogP contribution >= 0.6 is 0 Å². The molecule has 0 saturated carbocycles. The van der Waals surface area contributed by atoms with Crippen molar-refractivity contribution in [1.29, 1.82) is 0 Å². The number of nitrogens with zero attached hydrogens (tertiary/aromatic N) is 6. The molecule has 22 heavy (non-hydrogen) atoms. The predicted octanol–water partition coefficient (Wildman–Crippen LogP) is 2.07. The molecule has 2 aromatic heterocycles. The van der Waals surface area contributed by atoms with Crippen LogP contribution in [0.4, 0.5) is 18.0 Å². The molecule has 0 bridgehead atoms. The van der Waals surface area contributed by atoms with Gasteiger partial charge in [-0.2, -0.15) is 27.6 Å². The summed E-state index contributed by atoms with van der Waals surface area (Å²) in [6.45, 7) is 0. The first-order valence-corrected chi connectivity index (χ1v) is 5.96. The molecule has 0 radical (unpaired) electrons. The highest BCUT2D eigenvalue weighted by Crippen LogP contribution is 2.29. The molecular weight excluding hydrogens is 301 g/mol. The van der Waals surface area contributed by atoms with E-state index in [9.17, 15) is 18.0 Å². The Morgan fingerprint density at radius 2 is 1.86 bits per heavy atom. The fourth-order valence-corrected chi connectivity index (χ4v) is 1.74. The summed E-state index contributed by atoms with van der Waals surface area (Å²) in [6, 6.07) is 6.91.